The van der Waals surface area contributed by atoms with Crippen LogP contribution in [0.3, 0.4) is 0 Å². The summed E-state index contributed by atoms with van der Waals surface area (Å²) in [5, 5.41) is 13.7. The number of hydrogen-bond donors (Lipinski definition) is 6. The fourth-order valence-electron chi connectivity index (χ4n) is 4.72. The summed E-state index contributed by atoms with van der Waals surface area (Å²) in [7, 11) is 0. The van der Waals surface area contributed by atoms with Crippen molar-refractivity contribution in [2.45, 2.75) is 38.5 Å². The number of H-pyrrole nitrogens is 2. The number of benzene rings is 3. The molecule has 0 radical (unpaired) electrons. The lowest BCUT2D eigenvalue weighted by Gasteiger charge is -2.27. The second kappa shape index (κ2) is 15.2. The monoisotopic (exact) mass is 702 g/mol. The Bertz CT molecular complexity index is 1740. The topological polar surface area (TPSA) is 105 Å². The average molecular weight is 704 g/mol. The molecule has 0 atom stereocenters. The number of imidazole rings is 2. The van der Waals surface area contributed by atoms with Crippen molar-refractivity contribution in [3.8, 4) is 0 Å². The maximum atomic E-state index is 14.2. The van der Waals surface area contributed by atoms with Gasteiger partial charge in [-0.2, -0.15) is 0 Å². The molecule has 3 aromatic carbocycles. The highest BCUT2D eigenvalue weighted by atomic mass is 35.5. The number of thiocarbonyl (C=S) groups is 2. The van der Waals surface area contributed by atoms with Gasteiger partial charge in [0.25, 0.3) is 0 Å². The molecule has 0 saturated carbocycles. The van der Waals surface area contributed by atoms with Crippen molar-refractivity contribution in [1.29, 1.82) is 0 Å². The van der Waals surface area contributed by atoms with E-state index in [0.29, 0.717) is 56.4 Å². The molecule has 0 fully saturated rings. The van der Waals surface area contributed by atoms with E-state index < -0.39 is 10.8 Å². The Labute approximate surface area is 287 Å². The lowest BCUT2D eigenvalue weighted by Crippen LogP contribution is -2.39. The Morgan fingerprint density at radius 3 is 1.76 bits per heavy atom. The van der Waals surface area contributed by atoms with Gasteiger partial charge in [-0.25, -0.2) is 18.7 Å². The summed E-state index contributed by atoms with van der Waals surface area (Å²) in [6, 6.07) is 17.1. The van der Waals surface area contributed by atoms with Gasteiger partial charge < -0.3 is 31.2 Å². The van der Waals surface area contributed by atoms with Gasteiger partial charge in [-0.1, -0.05) is 75.2 Å². The summed E-state index contributed by atoms with van der Waals surface area (Å²) in [4.78, 5) is 14.4. The molecule has 0 amide bonds. The quantitative estimate of drug-likeness (QED) is 0.0902. The number of aromatic nitrogens is 4. The predicted molar refractivity (Wildman–Crippen MR) is 192 cm³/mol. The van der Waals surface area contributed by atoms with E-state index in [4.69, 9.17) is 47.6 Å². The van der Waals surface area contributed by atoms with Crippen LogP contribution < -0.4 is 21.3 Å². The zero-order chi connectivity index (χ0) is 33.5. The number of aromatic amines is 2. The second-order valence-electron chi connectivity index (χ2n) is 11.6. The van der Waals surface area contributed by atoms with Crippen LogP contribution in [0.15, 0.2) is 73.1 Å². The molecule has 0 spiro atoms. The molecule has 8 nitrogen and oxygen atoms in total. The van der Waals surface area contributed by atoms with Crippen LogP contribution in [0.2, 0.25) is 10.0 Å². The number of nitrogens with one attached hydrogen (secondary N) is 6. The molecular formula is C32H34Cl2F2N8S2. The molecule has 0 aliphatic rings. The van der Waals surface area contributed by atoms with Gasteiger partial charge in [0.05, 0.1) is 11.0 Å². The first kappa shape index (κ1) is 35.0. The molecule has 5 aromatic rings. The third kappa shape index (κ3) is 9.12. The van der Waals surface area contributed by atoms with E-state index in [-0.39, 0.29) is 11.6 Å². The zero-order valence-electron chi connectivity index (χ0n) is 25.6. The van der Waals surface area contributed by atoms with Crippen LogP contribution in [0.4, 0.5) is 20.7 Å². The lowest BCUT2D eigenvalue weighted by molar-refractivity contribution is 0.476. The maximum Gasteiger partial charge on any atom is 0.207 e. The highest BCUT2D eigenvalue weighted by molar-refractivity contribution is 7.80. The summed E-state index contributed by atoms with van der Waals surface area (Å²) < 4.78 is 28.2. The van der Waals surface area contributed by atoms with Crippen molar-refractivity contribution < 1.29 is 8.78 Å². The van der Waals surface area contributed by atoms with E-state index in [1.165, 1.54) is 12.1 Å². The van der Waals surface area contributed by atoms with E-state index in [0.717, 1.165) is 11.0 Å². The second-order valence-corrected chi connectivity index (χ2v) is 13.2. The highest BCUT2D eigenvalue weighted by Crippen LogP contribution is 2.32. The first-order valence-electron chi connectivity index (χ1n) is 14.2. The largest absolute Gasteiger partial charge is 0.362 e. The molecule has 2 heterocycles. The van der Waals surface area contributed by atoms with Crippen molar-refractivity contribution in [3.63, 3.8) is 0 Å². The Morgan fingerprint density at radius 1 is 0.761 bits per heavy atom. The van der Waals surface area contributed by atoms with Crippen molar-refractivity contribution in [1.82, 2.24) is 30.6 Å². The number of hydrogen-bond acceptors (Lipinski definition) is 4. The summed E-state index contributed by atoms with van der Waals surface area (Å²) >= 11 is 22.8. The van der Waals surface area contributed by atoms with Crippen LogP contribution in [0.5, 0.6) is 0 Å². The number of nitrogens with zero attached hydrogens (tertiary/aromatic N) is 2. The molecule has 2 aromatic heterocycles. The molecule has 0 bridgehead atoms. The van der Waals surface area contributed by atoms with Gasteiger partial charge in [0, 0.05) is 57.5 Å². The minimum absolute atomic E-state index is 0.320. The first-order valence-corrected chi connectivity index (χ1v) is 15.8. The van der Waals surface area contributed by atoms with Crippen LogP contribution in [0.1, 0.15) is 38.8 Å². The standard InChI is InChI=1S/C18H18ClFN4S.C14H16ClFN4S/c1-18(2,15-11(19)6-5-7-12(15)20)10-21-17(25)24-16-22-13-8-3-4-9-14(13)23-16;1-14(2,11-9(15)4-3-5-10(11)16)8-19-13(21)20-12-17-6-7-18-12/h3-9H,10H2,1-2H3,(H3,21,22,23,24,25);3-7H,8H2,1-2H3,(H3,17,18,19,20,21). The Hall–Kier alpha value is -3.84. The minimum Gasteiger partial charge on any atom is -0.362 e. The summed E-state index contributed by atoms with van der Waals surface area (Å²) in [6.45, 7) is 8.47. The zero-order valence-corrected chi connectivity index (χ0v) is 28.7. The summed E-state index contributed by atoms with van der Waals surface area (Å²) in [5.41, 5.74) is 1.66. The molecule has 6 N–H and O–H groups in total. The third-order valence-electron chi connectivity index (χ3n) is 7.01. The maximum absolute atomic E-state index is 14.2. The van der Waals surface area contributed by atoms with Crippen molar-refractivity contribution in [2.24, 2.45) is 0 Å². The molecule has 242 valence electrons. The van der Waals surface area contributed by atoms with Crippen LogP contribution in [-0.2, 0) is 10.8 Å². The van der Waals surface area contributed by atoms with Gasteiger partial charge in [-0.3, -0.25) is 0 Å². The van der Waals surface area contributed by atoms with E-state index in [1.807, 2.05) is 52.0 Å². The molecule has 5 rings (SSSR count). The normalized spacial score (nSPS) is 11.4. The Balaban J connectivity index is 0.000000212. The van der Waals surface area contributed by atoms with Crippen LogP contribution in [0, 0.1) is 11.6 Å². The van der Waals surface area contributed by atoms with Crippen molar-refractivity contribution >= 4 is 80.8 Å². The lowest BCUT2D eigenvalue weighted by atomic mass is 9.84. The Kier molecular flexibility index (Phi) is 11.5. The highest BCUT2D eigenvalue weighted by Gasteiger charge is 2.28. The summed E-state index contributed by atoms with van der Waals surface area (Å²) in [5.74, 6) is 0.462. The fraction of sp³-hybridized carbons (Fsp3) is 0.250. The van der Waals surface area contributed by atoms with Gasteiger partial charge in [-0.15, -0.1) is 0 Å². The van der Waals surface area contributed by atoms with E-state index in [9.17, 15) is 8.78 Å². The molecular weight excluding hydrogens is 669 g/mol. The molecule has 0 aliphatic heterocycles. The molecule has 46 heavy (non-hydrogen) atoms. The smallest absolute Gasteiger partial charge is 0.207 e. The first-order chi connectivity index (χ1) is 21.8. The van der Waals surface area contributed by atoms with Gasteiger partial charge in [0.15, 0.2) is 10.2 Å². The van der Waals surface area contributed by atoms with Crippen LogP contribution in [0.25, 0.3) is 11.0 Å². The van der Waals surface area contributed by atoms with Gasteiger partial charge >= 0.3 is 0 Å². The third-order valence-corrected chi connectivity index (χ3v) is 8.14. The SMILES string of the molecule is CC(C)(CNC(=S)Nc1nc2ccccc2[nH]1)c1c(F)cccc1Cl.CC(C)(CNC(=S)Nc1ncc[nH]1)c1c(F)cccc1Cl. The van der Waals surface area contributed by atoms with Gasteiger partial charge in [0.1, 0.15) is 11.6 Å². The van der Waals surface area contributed by atoms with Crippen LogP contribution in [-0.4, -0.2) is 43.3 Å². The minimum atomic E-state index is -0.540. The Morgan fingerprint density at radius 2 is 1.28 bits per heavy atom. The summed E-state index contributed by atoms with van der Waals surface area (Å²) in [6.07, 6.45) is 3.31. The predicted octanol–water partition coefficient (Wildman–Crippen LogP) is 8.09. The van der Waals surface area contributed by atoms with E-state index in [2.05, 4.69) is 41.2 Å². The molecule has 0 unspecified atom stereocenters. The number of rotatable bonds is 8. The average Bonchev–Trinajstić information content (AvgIpc) is 3.64. The van der Waals surface area contributed by atoms with E-state index in [1.54, 1.807) is 36.7 Å². The fourth-order valence-corrected chi connectivity index (χ4v) is 5.89. The number of anilines is 2. The van der Waals surface area contributed by atoms with Gasteiger partial charge in [0.2, 0.25) is 11.9 Å². The van der Waals surface area contributed by atoms with Crippen molar-refractivity contribution in [3.05, 3.63) is 106 Å². The molecule has 0 aliphatic carbocycles. The van der Waals surface area contributed by atoms with Crippen LogP contribution >= 0.6 is 47.6 Å². The number of fused-ring (bicyclic) bond motifs is 1. The number of halogens is 4. The van der Waals surface area contributed by atoms with Gasteiger partial charge in [-0.05, 0) is 60.8 Å². The number of para-hydroxylation sites is 2. The van der Waals surface area contributed by atoms with E-state index >= 15 is 0 Å². The van der Waals surface area contributed by atoms with Crippen molar-refractivity contribution in [2.75, 3.05) is 23.7 Å². The molecule has 14 heteroatoms. The molecule has 0 saturated heterocycles.